The fourth-order valence-corrected chi connectivity index (χ4v) is 3.80. The Morgan fingerprint density at radius 2 is 2.00 bits per heavy atom. The number of carbonyl (C=O) groups is 1. The van der Waals surface area contributed by atoms with Gasteiger partial charge in [0.1, 0.15) is 6.33 Å². The molecule has 2 fully saturated rings. The number of aromatic nitrogens is 4. The number of amides is 1. The number of nitrogens with one attached hydrogen (secondary N) is 1. The molecule has 1 aromatic heterocycles. The highest BCUT2D eigenvalue weighted by atomic mass is 16.5. The number of carbonyl (C=O) groups excluding carboxylic acids is 1. The molecule has 1 spiro atoms. The van der Waals surface area contributed by atoms with Crippen LogP contribution in [0, 0.1) is 0 Å². The van der Waals surface area contributed by atoms with E-state index >= 15 is 0 Å². The predicted molar refractivity (Wildman–Crippen MR) is 86.8 cm³/mol. The van der Waals surface area contributed by atoms with Gasteiger partial charge in [-0.25, -0.2) is 4.68 Å². The van der Waals surface area contributed by atoms with Crippen LogP contribution in [0.1, 0.15) is 48.9 Å². The molecule has 0 bridgehead atoms. The zero-order valence-electron chi connectivity index (χ0n) is 13.5. The molecule has 1 saturated heterocycles. The maximum atomic E-state index is 12.5. The van der Waals surface area contributed by atoms with Gasteiger partial charge in [0.2, 0.25) is 0 Å². The third-order valence-corrected chi connectivity index (χ3v) is 5.05. The number of nitrogens with zero attached hydrogens (tertiary/aromatic N) is 4. The summed E-state index contributed by atoms with van der Waals surface area (Å²) in [4.78, 5) is 12.5. The molecule has 126 valence electrons. The Labute approximate surface area is 140 Å². The summed E-state index contributed by atoms with van der Waals surface area (Å²) in [5.41, 5.74) is 1.47. The van der Waals surface area contributed by atoms with Gasteiger partial charge in [0.05, 0.1) is 23.9 Å². The number of rotatable bonds is 3. The standard InChI is InChI=1S/C17H21N5O2/c23-16(13-4-6-15(7-5-13)22-12-18-20-21-22)19-14-10-17(24-11-14)8-2-1-3-9-17/h4-7,12,14H,1-3,8-11H2,(H,19,23). The van der Waals surface area contributed by atoms with Gasteiger partial charge in [-0.1, -0.05) is 19.3 Å². The highest BCUT2D eigenvalue weighted by Gasteiger charge is 2.41. The largest absolute Gasteiger partial charge is 0.373 e. The van der Waals surface area contributed by atoms with Crippen LogP contribution in [0.2, 0.25) is 0 Å². The van der Waals surface area contributed by atoms with E-state index in [0.29, 0.717) is 12.2 Å². The lowest BCUT2D eigenvalue weighted by atomic mass is 9.82. The number of hydrogen-bond acceptors (Lipinski definition) is 5. The first-order valence-corrected chi connectivity index (χ1v) is 8.52. The van der Waals surface area contributed by atoms with E-state index in [-0.39, 0.29) is 17.6 Å². The number of hydrogen-bond donors (Lipinski definition) is 1. The molecular formula is C17H21N5O2. The Morgan fingerprint density at radius 3 is 2.71 bits per heavy atom. The van der Waals surface area contributed by atoms with E-state index in [2.05, 4.69) is 20.8 Å². The van der Waals surface area contributed by atoms with E-state index in [4.69, 9.17) is 4.74 Å². The summed E-state index contributed by atoms with van der Waals surface area (Å²) in [5.74, 6) is -0.0558. The molecule has 4 rings (SSSR count). The van der Waals surface area contributed by atoms with Crippen LogP contribution in [0.25, 0.3) is 5.69 Å². The quantitative estimate of drug-likeness (QED) is 0.931. The summed E-state index contributed by atoms with van der Waals surface area (Å²) >= 11 is 0. The first-order valence-electron chi connectivity index (χ1n) is 8.52. The van der Waals surface area contributed by atoms with Gasteiger partial charge in [0.25, 0.3) is 5.91 Å². The minimum absolute atomic E-state index is 0.0140. The first kappa shape index (κ1) is 15.3. The lowest BCUT2D eigenvalue weighted by Crippen LogP contribution is -2.37. The van der Waals surface area contributed by atoms with Gasteiger partial charge < -0.3 is 10.1 Å². The number of benzene rings is 1. The molecule has 1 unspecified atom stereocenters. The van der Waals surface area contributed by atoms with Crippen LogP contribution in [0.15, 0.2) is 30.6 Å². The average molecular weight is 327 g/mol. The Balaban J connectivity index is 1.38. The Hall–Kier alpha value is -2.28. The van der Waals surface area contributed by atoms with Crippen molar-refractivity contribution in [2.75, 3.05) is 6.61 Å². The summed E-state index contributed by atoms with van der Waals surface area (Å²) in [5, 5.41) is 14.2. The van der Waals surface area contributed by atoms with Crippen LogP contribution in [0.4, 0.5) is 0 Å². The molecule has 2 aliphatic rings. The van der Waals surface area contributed by atoms with Crippen LogP contribution in [0.3, 0.4) is 0 Å². The van der Waals surface area contributed by atoms with Crippen LogP contribution in [-0.4, -0.2) is 44.4 Å². The second-order valence-corrected chi connectivity index (χ2v) is 6.73. The van der Waals surface area contributed by atoms with Gasteiger partial charge in [-0.2, -0.15) is 0 Å². The summed E-state index contributed by atoms with van der Waals surface area (Å²) in [6.07, 6.45) is 8.48. The van der Waals surface area contributed by atoms with E-state index < -0.39 is 0 Å². The van der Waals surface area contributed by atoms with Crippen molar-refractivity contribution in [3.8, 4) is 5.69 Å². The minimum Gasteiger partial charge on any atom is -0.373 e. The van der Waals surface area contributed by atoms with Gasteiger partial charge in [-0.3, -0.25) is 4.79 Å². The third-order valence-electron chi connectivity index (χ3n) is 5.05. The number of ether oxygens (including phenoxy) is 1. The Morgan fingerprint density at radius 1 is 1.21 bits per heavy atom. The summed E-state index contributed by atoms with van der Waals surface area (Å²) < 4.78 is 7.61. The third kappa shape index (κ3) is 3.03. The monoisotopic (exact) mass is 327 g/mol. The van der Waals surface area contributed by atoms with Crippen LogP contribution >= 0.6 is 0 Å². The Kier molecular flexibility index (Phi) is 4.02. The highest BCUT2D eigenvalue weighted by molar-refractivity contribution is 5.94. The molecule has 1 N–H and O–H groups in total. The smallest absolute Gasteiger partial charge is 0.251 e. The summed E-state index contributed by atoms with van der Waals surface area (Å²) in [6, 6.07) is 7.35. The second kappa shape index (κ2) is 6.32. The van der Waals surface area contributed by atoms with Crippen molar-refractivity contribution in [1.82, 2.24) is 25.5 Å². The maximum Gasteiger partial charge on any atom is 0.251 e. The van der Waals surface area contributed by atoms with Crippen LogP contribution in [-0.2, 0) is 4.74 Å². The fourth-order valence-electron chi connectivity index (χ4n) is 3.80. The van der Waals surface area contributed by atoms with Crippen molar-refractivity contribution in [3.05, 3.63) is 36.2 Å². The topological polar surface area (TPSA) is 81.9 Å². The first-order chi connectivity index (χ1) is 11.7. The average Bonchev–Trinajstić information content (AvgIpc) is 3.27. The molecule has 0 radical (unpaired) electrons. The van der Waals surface area contributed by atoms with Gasteiger partial charge in [0, 0.05) is 5.56 Å². The lowest BCUT2D eigenvalue weighted by Gasteiger charge is -2.32. The zero-order chi connectivity index (χ0) is 16.4. The zero-order valence-corrected chi connectivity index (χ0v) is 13.5. The molecule has 1 atom stereocenters. The molecule has 24 heavy (non-hydrogen) atoms. The molecule has 2 aromatic rings. The van der Waals surface area contributed by atoms with Crippen LogP contribution in [0.5, 0.6) is 0 Å². The van der Waals surface area contributed by atoms with Crippen LogP contribution < -0.4 is 5.32 Å². The van der Waals surface area contributed by atoms with E-state index in [9.17, 15) is 4.79 Å². The van der Waals surface area contributed by atoms with Crippen molar-refractivity contribution in [1.29, 1.82) is 0 Å². The van der Waals surface area contributed by atoms with E-state index in [1.165, 1.54) is 25.6 Å². The molecule has 1 saturated carbocycles. The molecule has 1 amide bonds. The second-order valence-electron chi connectivity index (χ2n) is 6.73. The van der Waals surface area contributed by atoms with E-state index in [1.54, 1.807) is 16.8 Å². The van der Waals surface area contributed by atoms with Gasteiger partial charge >= 0.3 is 0 Å². The lowest BCUT2D eigenvalue weighted by molar-refractivity contribution is -0.0246. The van der Waals surface area contributed by atoms with Crippen molar-refractivity contribution in [3.63, 3.8) is 0 Å². The normalized spacial score (nSPS) is 22.6. The molecular weight excluding hydrogens is 306 g/mol. The van der Waals surface area contributed by atoms with Crippen molar-refractivity contribution in [2.45, 2.75) is 50.2 Å². The molecule has 2 heterocycles. The van der Waals surface area contributed by atoms with E-state index in [1.807, 2.05) is 12.1 Å². The SMILES string of the molecule is O=C(NC1COC2(CCCCC2)C1)c1ccc(-n2cnnn2)cc1. The van der Waals surface area contributed by atoms with Crippen molar-refractivity contribution in [2.24, 2.45) is 0 Å². The summed E-state index contributed by atoms with van der Waals surface area (Å²) in [6.45, 7) is 0.619. The fraction of sp³-hybridized carbons (Fsp3) is 0.529. The van der Waals surface area contributed by atoms with E-state index in [0.717, 1.165) is 24.9 Å². The molecule has 1 aromatic carbocycles. The highest BCUT2D eigenvalue weighted by Crippen LogP contribution is 2.39. The summed E-state index contributed by atoms with van der Waals surface area (Å²) in [7, 11) is 0. The van der Waals surface area contributed by atoms with Crippen molar-refractivity contribution < 1.29 is 9.53 Å². The molecule has 7 heteroatoms. The number of tetrazole rings is 1. The van der Waals surface area contributed by atoms with Gasteiger partial charge in [-0.15, -0.1) is 5.10 Å². The molecule has 7 nitrogen and oxygen atoms in total. The van der Waals surface area contributed by atoms with Gasteiger partial charge in [-0.05, 0) is 54.0 Å². The molecule has 1 aliphatic heterocycles. The maximum absolute atomic E-state index is 12.5. The van der Waals surface area contributed by atoms with Crippen molar-refractivity contribution >= 4 is 5.91 Å². The Bertz CT molecular complexity index is 692. The minimum atomic E-state index is -0.0558. The molecule has 1 aliphatic carbocycles. The van der Waals surface area contributed by atoms with Gasteiger partial charge in [0.15, 0.2) is 0 Å². The predicted octanol–water partition coefficient (Wildman–Crippen LogP) is 1.88.